The van der Waals surface area contributed by atoms with Crippen LogP contribution in [-0.2, 0) is 6.54 Å². The van der Waals surface area contributed by atoms with Gasteiger partial charge < -0.3 is 14.4 Å². The maximum absolute atomic E-state index is 5.34. The molecule has 0 saturated heterocycles. The van der Waals surface area contributed by atoms with Gasteiger partial charge in [0.15, 0.2) is 16.5 Å². The number of thiazole rings is 1. The average molecular weight is 303 g/mol. The Morgan fingerprint density at radius 1 is 1.24 bits per heavy atom. The van der Waals surface area contributed by atoms with Crippen LogP contribution in [0.25, 0.3) is 4.96 Å². The van der Waals surface area contributed by atoms with Crippen molar-refractivity contribution in [2.75, 3.05) is 26.2 Å². The number of nitrogens with zero attached hydrogens (tertiary/aromatic N) is 3. The summed E-state index contributed by atoms with van der Waals surface area (Å²) in [6, 6.07) is 5.90. The standard InChI is InChI=1S/C15H17N3O2S/c1-17(9-11-10-18-6-7-21-15(18)16-11)12-4-5-13(19-2)14(8-12)20-3/h4-8,10H,9H2,1-3H3. The first-order chi connectivity index (χ1) is 10.2. The third-order valence-corrected chi connectivity index (χ3v) is 4.12. The van der Waals surface area contributed by atoms with Gasteiger partial charge in [-0.2, -0.15) is 0 Å². The Bertz CT molecular complexity index is 722. The van der Waals surface area contributed by atoms with Gasteiger partial charge in [-0.1, -0.05) is 0 Å². The maximum atomic E-state index is 5.34. The maximum Gasteiger partial charge on any atom is 0.193 e. The molecule has 0 N–H and O–H groups in total. The van der Waals surface area contributed by atoms with Crippen molar-refractivity contribution in [3.8, 4) is 11.5 Å². The van der Waals surface area contributed by atoms with Gasteiger partial charge >= 0.3 is 0 Å². The van der Waals surface area contributed by atoms with E-state index in [0.717, 1.165) is 34.4 Å². The van der Waals surface area contributed by atoms with E-state index >= 15 is 0 Å². The van der Waals surface area contributed by atoms with Crippen LogP contribution >= 0.6 is 11.3 Å². The fourth-order valence-electron chi connectivity index (χ4n) is 2.25. The van der Waals surface area contributed by atoms with Crippen molar-refractivity contribution in [1.29, 1.82) is 0 Å². The Morgan fingerprint density at radius 3 is 2.76 bits per heavy atom. The molecule has 2 heterocycles. The van der Waals surface area contributed by atoms with Gasteiger partial charge in [0, 0.05) is 36.6 Å². The molecular weight excluding hydrogens is 286 g/mol. The molecule has 0 aliphatic heterocycles. The molecule has 0 bridgehead atoms. The quantitative estimate of drug-likeness (QED) is 0.726. The van der Waals surface area contributed by atoms with E-state index in [1.165, 1.54) is 0 Å². The predicted molar refractivity (Wildman–Crippen MR) is 84.7 cm³/mol. The SMILES string of the molecule is COc1ccc(N(C)Cc2cn3ccsc3n2)cc1OC. The van der Waals surface area contributed by atoms with Crippen LogP contribution in [0.5, 0.6) is 11.5 Å². The molecule has 3 aromatic rings. The molecule has 0 fully saturated rings. The van der Waals surface area contributed by atoms with Crippen molar-refractivity contribution in [1.82, 2.24) is 9.38 Å². The number of benzene rings is 1. The number of imidazole rings is 1. The number of hydrogen-bond acceptors (Lipinski definition) is 5. The predicted octanol–water partition coefficient (Wildman–Crippen LogP) is 3.05. The van der Waals surface area contributed by atoms with E-state index in [-0.39, 0.29) is 0 Å². The molecule has 110 valence electrons. The molecule has 0 unspecified atom stereocenters. The Labute approximate surface area is 127 Å². The second-order valence-corrected chi connectivity index (χ2v) is 5.59. The van der Waals surface area contributed by atoms with E-state index in [1.807, 2.05) is 41.2 Å². The van der Waals surface area contributed by atoms with Crippen LogP contribution in [0.3, 0.4) is 0 Å². The summed E-state index contributed by atoms with van der Waals surface area (Å²) in [5, 5.41) is 2.03. The monoisotopic (exact) mass is 303 g/mol. The lowest BCUT2D eigenvalue weighted by Crippen LogP contribution is -2.16. The fourth-order valence-corrected chi connectivity index (χ4v) is 2.97. The van der Waals surface area contributed by atoms with Gasteiger partial charge in [0.05, 0.1) is 26.5 Å². The van der Waals surface area contributed by atoms with Gasteiger partial charge in [-0.05, 0) is 12.1 Å². The van der Waals surface area contributed by atoms with Crippen LogP contribution in [-0.4, -0.2) is 30.7 Å². The van der Waals surface area contributed by atoms with Gasteiger partial charge in [0.25, 0.3) is 0 Å². The molecule has 6 heteroatoms. The largest absolute Gasteiger partial charge is 0.493 e. The van der Waals surface area contributed by atoms with Crippen molar-refractivity contribution in [2.45, 2.75) is 6.54 Å². The molecule has 5 nitrogen and oxygen atoms in total. The molecule has 1 aromatic carbocycles. The summed E-state index contributed by atoms with van der Waals surface area (Å²) in [5.74, 6) is 1.46. The van der Waals surface area contributed by atoms with E-state index in [9.17, 15) is 0 Å². The molecule has 0 aliphatic carbocycles. The summed E-state index contributed by atoms with van der Waals surface area (Å²) in [4.78, 5) is 7.75. The van der Waals surface area contributed by atoms with Crippen molar-refractivity contribution in [3.05, 3.63) is 41.7 Å². The number of methoxy groups -OCH3 is 2. The van der Waals surface area contributed by atoms with Gasteiger partial charge in [0.1, 0.15) is 0 Å². The Balaban J connectivity index is 1.81. The van der Waals surface area contributed by atoms with Crippen molar-refractivity contribution in [2.24, 2.45) is 0 Å². The van der Waals surface area contributed by atoms with Crippen LogP contribution in [0.4, 0.5) is 5.69 Å². The van der Waals surface area contributed by atoms with Crippen LogP contribution in [0, 0.1) is 0 Å². The highest BCUT2D eigenvalue weighted by Gasteiger charge is 2.10. The van der Waals surface area contributed by atoms with Gasteiger partial charge in [-0.15, -0.1) is 11.3 Å². The molecule has 0 saturated carbocycles. The molecule has 21 heavy (non-hydrogen) atoms. The van der Waals surface area contributed by atoms with Gasteiger partial charge in [-0.3, -0.25) is 4.40 Å². The summed E-state index contributed by atoms with van der Waals surface area (Å²) < 4.78 is 12.6. The number of hydrogen-bond donors (Lipinski definition) is 0. The number of ether oxygens (including phenoxy) is 2. The molecule has 0 aliphatic rings. The minimum atomic E-state index is 0.729. The highest BCUT2D eigenvalue weighted by molar-refractivity contribution is 7.15. The Hall–Kier alpha value is -2.21. The zero-order chi connectivity index (χ0) is 14.8. The number of anilines is 1. The molecule has 0 amide bonds. The second-order valence-electron chi connectivity index (χ2n) is 4.72. The summed E-state index contributed by atoms with van der Waals surface area (Å²) in [5.41, 5.74) is 2.10. The molecule has 0 atom stereocenters. The second kappa shape index (κ2) is 5.65. The Morgan fingerprint density at radius 2 is 2.05 bits per heavy atom. The minimum absolute atomic E-state index is 0.729. The summed E-state index contributed by atoms with van der Waals surface area (Å²) in [7, 11) is 5.32. The lowest BCUT2D eigenvalue weighted by molar-refractivity contribution is 0.355. The van der Waals surface area contributed by atoms with E-state index in [1.54, 1.807) is 25.6 Å². The van der Waals surface area contributed by atoms with Crippen LogP contribution in [0.2, 0.25) is 0 Å². The normalized spacial score (nSPS) is 10.8. The van der Waals surface area contributed by atoms with Crippen molar-refractivity contribution >= 4 is 22.0 Å². The number of aromatic nitrogens is 2. The first-order valence-electron chi connectivity index (χ1n) is 6.55. The number of fused-ring (bicyclic) bond motifs is 1. The van der Waals surface area contributed by atoms with Crippen LogP contribution in [0.1, 0.15) is 5.69 Å². The zero-order valence-electron chi connectivity index (χ0n) is 12.2. The topological polar surface area (TPSA) is 39.0 Å². The lowest BCUT2D eigenvalue weighted by atomic mass is 10.2. The third kappa shape index (κ3) is 2.67. The molecule has 0 radical (unpaired) electrons. The van der Waals surface area contributed by atoms with Gasteiger partial charge in [-0.25, -0.2) is 4.98 Å². The third-order valence-electron chi connectivity index (χ3n) is 3.35. The number of rotatable bonds is 5. The molecule has 0 spiro atoms. The highest BCUT2D eigenvalue weighted by Crippen LogP contribution is 2.31. The van der Waals surface area contributed by atoms with E-state index in [0.29, 0.717) is 0 Å². The highest BCUT2D eigenvalue weighted by atomic mass is 32.1. The Kier molecular flexibility index (Phi) is 3.70. The average Bonchev–Trinajstić information content (AvgIpc) is 3.07. The van der Waals surface area contributed by atoms with Gasteiger partial charge in [0.2, 0.25) is 0 Å². The van der Waals surface area contributed by atoms with Crippen molar-refractivity contribution < 1.29 is 9.47 Å². The smallest absolute Gasteiger partial charge is 0.193 e. The van der Waals surface area contributed by atoms with Crippen molar-refractivity contribution in [3.63, 3.8) is 0 Å². The van der Waals surface area contributed by atoms with E-state index in [4.69, 9.17) is 9.47 Å². The first kappa shape index (κ1) is 13.8. The lowest BCUT2D eigenvalue weighted by Gasteiger charge is -2.19. The van der Waals surface area contributed by atoms with Crippen LogP contribution < -0.4 is 14.4 Å². The summed E-state index contributed by atoms with van der Waals surface area (Å²) >= 11 is 1.64. The minimum Gasteiger partial charge on any atom is -0.493 e. The molecule has 2 aromatic heterocycles. The molecular formula is C15H17N3O2S. The first-order valence-corrected chi connectivity index (χ1v) is 7.43. The fraction of sp³-hybridized carbons (Fsp3) is 0.267. The van der Waals surface area contributed by atoms with E-state index < -0.39 is 0 Å². The summed E-state index contributed by atoms with van der Waals surface area (Å²) in [6.45, 7) is 0.740. The molecule has 3 rings (SSSR count). The summed E-state index contributed by atoms with van der Waals surface area (Å²) in [6.07, 6.45) is 4.08. The van der Waals surface area contributed by atoms with E-state index in [2.05, 4.69) is 16.1 Å². The van der Waals surface area contributed by atoms with Crippen LogP contribution in [0.15, 0.2) is 36.0 Å². The zero-order valence-corrected chi connectivity index (χ0v) is 13.1.